The molecule has 0 bridgehead atoms. The van der Waals surface area contributed by atoms with Crippen LogP contribution in [0.1, 0.15) is 34.3 Å². The van der Waals surface area contributed by atoms with Crippen LogP contribution in [-0.2, 0) is 17.8 Å². The SMILES string of the molecule is O=C(NC1CC1)c1ccc2c(c1)CC(=O)N2Cc1ccccc1. The van der Waals surface area contributed by atoms with Gasteiger partial charge in [0.1, 0.15) is 0 Å². The summed E-state index contributed by atoms with van der Waals surface area (Å²) in [6.45, 7) is 0.570. The van der Waals surface area contributed by atoms with Crippen LogP contribution in [-0.4, -0.2) is 17.9 Å². The van der Waals surface area contributed by atoms with Crippen molar-refractivity contribution in [2.45, 2.75) is 31.8 Å². The maximum absolute atomic E-state index is 12.3. The zero-order valence-electron chi connectivity index (χ0n) is 12.8. The van der Waals surface area contributed by atoms with Crippen molar-refractivity contribution in [1.82, 2.24) is 5.32 Å². The molecule has 116 valence electrons. The van der Waals surface area contributed by atoms with Gasteiger partial charge in [-0.15, -0.1) is 0 Å². The number of amides is 2. The van der Waals surface area contributed by atoms with Crippen molar-refractivity contribution in [2.24, 2.45) is 0 Å². The molecule has 0 aromatic heterocycles. The number of anilines is 1. The number of nitrogens with zero attached hydrogens (tertiary/aromatic N) is 1. The Morgan fingerprint density at radius 2 is 1.91 bits per heavy atom. The molecule has 2 amide bonds. The maximum Gasteiger partial charge on any atom is 0.251 e. The predicted molar refractivity (Wildman–Crippen MR) is 88.3 cm³/mol. The van der Waals surface area contributed by atoms with E-state index in [0.717, 1.165) is 29.7 Å². The van der Waals surface area contributed by atoms with Gasteiger partial charge in [0.25, 0.3) is 5.91 Å². The summed E-state index contributed by atoms with van der Waals surface area (Å²) in [7, 11) is 0. The molecule has 1 aliphatic carbocycles. The molecule has 0 radical (unpaired) electrons. The van der Waals surface area contributed by atoms with Gasteiger partial charge in [0, 0.05) is 17.3 Å². The summed E-state index contributed by atoms with van der Waals surface area (Å²) >= 11 is 0. The Morgan fingerprint density at radius 1 is 1.13 bits per heavy atom. The third-order valence-electron chi connectivity index (χ3n) is 4.37. The number of benzene rings is 2. The number of rotatable bonds is 4. The van der Waals surface area contributed by atoms with Crippen LogP contribution in [0.4, 0.5) is 5.69 Å². The normalized spacial score (nSPS) is 16.3. The molecule has 2 aromatic carbocycles. The second kappa shape index (κ2) is 5.54. The molecule has 4 nitrogen and oxygen atoms in total. The number of fused-ring (bicyclic) bond motifs is 1. The summed E-state index contributed by atoms with van der Waals surface area (Å²) in [6, 6.07) is 15.9. The Balaban J connectivity index is 1.57. The summed E-state index contributed by atoms with van der Waals surface area (Å²) in [5.41, 5.74) is 3.60. The summed E-state index contributed by atoms with van der Waals surface area (Å²) < 4.78 is 0. The number of carbonyl (C=O) groups excluding carboxylic acids is 2. The lowest BCUT2D eigenvalue weighted by atomic mass is 10.1. The van der Waals surface area contributed by atoms with Gasteiger partial charge in [-0.2, -0.15) is 0 Å². The van der Waals surface area contributed by atoms with Crippen LogP contribution < -0.4 is 10.2 Å². The number of nitrogens with one attached hydrogen (secondary N) is 1. The fourth-order valence-corrected chi connectivity index (χ4v) is 2.96. The highest BCUT2D eigenvalue weighted by Crippen LogP contribution is 2.31. The van der Waals surface area contributed by atoms with Crippen molar-refractivity contribution in [3.8, 4) is 0 Å². The van der Waals surface area contributed by atoms with E-state index in [1.165, 1.54) is 0 Å². The molecule has 1 heterocycles. The molecule has 4 heteroatoms. The quantitative estimate of drug-likeness (QED) is 0.944. The summed E-state index contributed by atoms with van der Waals surface area (Å²) in [6.07, 6.45) is 2.51. The minimum atomic E-state index is -0.0377. The van der Waals surface area contributed by atoms with Crippen LogP contribution in [0, 0.1) is 0 Å². The first-order chi connectivity index (χ1) is 11.2. The molecule has 1 aliphatic heterocycles. The van der Waals surface area contributed by atoms with Crippen molar-refractivity contribution in [3.05, 3.63) is 65.2 Å². The van der Waals surface area contributed by atoms with Crippen LogP contribution in [0.3, 0.4) is 0 Å². The number of hydrogen-bond donors (Lipinski definition) is 1. The zero-order chi connectivity index (χ0) is 15.8. The van der Waals surface area contributed by atoms with Gasteiger partial charge in [-0.3, -0.25) is 9.59 Å². The average Bonchev–Trinajstić information content (AvgIpc) is 3.32. The van der Waals surface area contributed by atoms with E-state index in [1.807, 2.05) is 48.5 Å². The Labute approximate surface area is 135 Å². The maximum atomic E-state index is 12.3. The van der Waals surface area contributed by atoms with Crippen LogP contribution in [0.5, 0.6) is 0 Å². The van der Waals surface area contributed by atoms with Gasteiger partial charge in [0.05, 0.1) is 13.0 Å². The minimum absolute atomic E-state index is 0.0377. The van der Waals surface area contributed by atoms with Gasteiger partial charge < -0.3 is 10.2 Å². The molecule has 0 spiro atoms. The highest BCUT2D eigenvalue weighted by atomic mass is 16.2. The summed E-state index contributed by atoms with van der Waals surface area (Å²) in [5, 5.41) is 2.99. The van der Waals surface area contributed by atoms with Gasteiger partial charge in [0.2, 0.25) is 5.91 Å². The van der Waals surface area contributed by atoms with Gasteiger partial charge in [0.15, 0.2) is 0 Å². The summed E-state index contributed by atoms with van der Waals surface area (Å²) in [5.74, 6) is 0.0489. The van der Waals surface area contributed by atoms with Crippen molar-refractivity contribution < 1.29 is 9.59 Å². The summed E-state index contributed by atoms with van der Waals surface area (Å²) in [4.78, 5) is 26.3. The minimum Gasteiger partial charge on any atom is -0.349 e. The molecule has 2 aliphatic rings. The van der Waals surface area contributed by atoms with E-state index in [0.29, 0.717) is 24.6 Å². The number of hydrogen-bond acceptors (Lipinski definition) is 2. The standard InChI is InChI=1S/C19H18N2O2/c22-18-11-15-10-14(19(23)20-16-7-8-16)6-9-17(15)21(18)12-13-4-2-1-3-5-13/h1-6,9-10,16H,7-8,11-12H2,(H,20,23). The first-order valence-corrected chi connectivity index (χ1v) is 7.99. The van der Waals surface area contributed by atoms with Gasteiger partial charge in [-0.05, 0) is 42.2 Å². The van der Waals surface area contributed by atoms with Crippen molar-refractivity contribution in [2.75, 3.05) is 4.90 Å². The van der Waals surface area contributed by atoms with Crippen molar-refractivity contribution >= 4 is 17.5 Å². The molecular formula is C19H18N2O2. The lowest BCUT2D eigenvalue weighted by Crippen LogP contribution is -2.26. The van der Waals surface area contributed by atoms with E-state index in [2.05, 4.69) is 5.32 Å². The molecule has 0 atom stereocenters. The molecule has 1 N–H and O–H groups in total. The first-order valence-electron chi connectivity index (χ1n) is 7.99. The van der Waals surface area contributed by atoms with E-state index in [1.54, 1.807) is 4.90 Å². The molecule has 23 heavy (non-hydrogen) atoms. The van der Waals surface area contributed by atoms with Gasteiger partial charge in [-0.1, -0.05) is 30.3 Å². The lowest BCUT2D eigenvalue weighted by Gasteiger charge is -2.17. The van der Waals surface area contributed by atoms with Crippen LogP contribution in [0.15, 0.2) is 48.5 Å². The molecule has 0 saturated heterocycles. The van der Waals surface area contributed by atoms with E-state index in [9.17, 15) is 9.59 Å². The van der Waals surface area contributed by atoms with E-state index < -0.39 is 0 Å². The highest BCUT2D eigenvalue weighted by molar-refractivity contribution is 6.03. The zero-order valence-corrected chi connectivity index (χ0v) is 12.8. The number of carbonyl (C=O) groups is 2. The second-order valence-electron chi connectivity index (χ2n) is 6.23. The molecule has 1 fully saturated rings. The van der Waals surface area contributed by atoms with E-state index >= 15 is 0 Å². The second-order valence-corrected chi connectivity index (χ2v) is 6.23. The Bertz CT molecular complexity index is 766. The fraction of sp³-hybridized carbons (Fsp3) is 0.263. The molecule has 4 rings (SSSR count). The average molecular weight is 306 g/mol. The first kappa shape index (κ1) is 14.0. The van der Waals surface area contributed by atoms with Crippen LogP contribution >= 0.6 is 0 Å². The van der Waals surface area contributed by atoms with Crippen molar-refractivity contribution in [1.29, 1.82) is 0 Å². The van der Waals surface area contributed by atoms with Gasteiger partial charge in [-0.25, -0.2) is 0 Å². The monoisotopic (exact) mass is 306 g/mol. The third-order valence-corrected chi connectivity index (χ3v) is 4.37. The smallest absolute Gasteiger partial charge is 0.251 e. The van der Waals surface area contributed by atoms with Crippen LogP contribution in [0.25, 0.3) is 0 Å². The molecule has 2 aromatic rings. The Hall–Kier alpha value is -2.62. The Morgan fingerprint density at radius 3 is 2.65 bits per heavy atom. The Kier molecular flexibility index (Phi) is 3.37. The topological polar surface area (TPSA) is 49.4 Å². The largest absolute Gasteiger partial charge is 0.349 e. The van der Waals surface area contributed by atoms with Crippen molar-refractivity contribution in [3.63, 3.8) is 0 Å². The van der Waals surface area contributed by atoms with Crippen LogP contribution in [0.2, 0.25) is 0 Å². The van der Waals surface area contributed by atoms with E-state index in [4.69, 9.17) is 0 Å². The molecule has 1 saturated carbocycles. The van der Waals surface area contributed by atoms with E-state index in [-0.39, 0.29) is 11.8 Å². The predicted octanol–water partition coefficient (Wildman–Crippen LogP) is 2.67. The molecule has 0 unspecified atom stereocenters. The fourth-order valence-electron chi connectivity index (χ4n) is 2.96. The highest BCUT2D eigenvalue weighted by Gasteiger charge is 2.29. The molecular weight excluding hydrogens is 288 g/mol. The third kappa shape index (κ3) is 2.84. The van der Waals surface area contributed by atoms with Gasteiger partial charge >= 0.3 is 0 Å². The lowest BCUT2D eigenvalue weighted by molar-refractivity contribution is -0.117.